The summed E-state index contributed by atoms with van der Waals surface area (Å²) in [6.45, 7) is 6.57. The Kier molecular flexibility index (Phi) is 3.09. The molecule has 1 saturated heterocycles. The molecule has 2 heterocycles. The van der Waals surface area contributed by atoms with Crippen molar-refractivity contribution in [1.29, 1.82) is 0 Å². The minimum Gasteiger partial charge on any atom is -0.397 e. The van der Waals surface area contributed by atoms with E-state index < -0.39 is 0 Å². The summed E-state index contributed by atoms with van der Waals surface area (Å²) in [6.07, 6.45) is 1.32. The van der Waals surface area contributed by atoms with E-state index in [0.29, 0.717) is 18.7 Å². The van der Waals surface area contributed by atoms with Crippen molar-refractivity contribution >= 4 is 23.0 Å². The summed E-state index contributed by atoms with van der Waals surface area (Å²) in [5.74, 6) is 0.0661. The second kappa shape index (κ2) is 4.66. The molecule has 1 amide bonds. The number of anilines is 3. The van der Waals surface area contributed by atoms with Gasteiger partial charge in [0, 0.05) is 18.7 Å². The first-order chi connectivity index (χ1) is 9.47. The molecule has 108 valence electrons. The number of benzene rings is 1. The first kappa shape index (κ1) is 13.2. The Morgan fingerprint density at radius 3 is 2.90 bits per heavy atom. The standard InChI is InChI=1S/C15H21N3O2/c1-15(2)9-20-6-5-18(15)13-7-10-3-4-14(19)17-12(10)8-11(13)16/h7-8H,3-6,9,16H2,1-2H3,(H,17,19). The molecule has 2 aliphatic rings. The molecule has 3 rings (SSSR count). The van der Waals surface area contributed by atoms with Crippen LogP contribution in [0.1, 0.15) is 25.8 Å². The van der Waals surface area contributed by atoms with Crippen molar-refractivity contribution in [2.75, 3.05) is 35.7 Å². The molecule has 1 aromatic rings. The number of ether oxygens (including phenoxy) is 1. The molecule has 0 atom stereocenters. The summed E-state index contributed by atoms with van der Waals surface area (Å²) in [5, 5.41) is 2.89. The average Bonchev–Trinajstić information content (AvgIpc) is 2.38. The normalized spacial score (nSPS) is 21.3. The van der Waals surface area contributed by atoms with Gasteiger partial charge >= 0.3 is 0 Å². The van der Waals surface area contributed by atoms with E-state index in [4.69, 9.17) is 10.5 Å². The lowest BCUT2D eigenvalue weighted by molar-refractivity contribution is -0.116. The van der Waals surface area contributed by atoms with Crippen molar-refractivity contribution in [3.8, 4) is 0 Å². The van der Waals surface area contributed by atoms with Crippen LogP contribution in [0.3, 0.4) is 0 Å². The summed E-state index contributed by atoms with van der Waals surface area (Å²) in [7, 11) is 0. The van der Waals surface area contributed by atoms with Crippen molar-refractivity contribution in [1.82, 2.24) is 0 Å². The molecule has 20 heavy (non-hydrogen) atoms. The Hall–Kier alpha value is -1.75. The third-order valence-electron chi connectivity index (χ3n) is 4.08. The molecule has 0 aliphatic carbocycles. The number of aryl methyl sites for hydroxylation is 1. The van der Waals surface area contributed by atoms with Gasteiger partial charge in [0.25, 0.3) is 0 Å². The number of nitrogens with two attached hydrogens (primary N) is 1. The van der Waals surface area contributed by atoms with E-state index in [9.17, 15) is 4.79 Å². The maximum atomic E-state index is 11.4. The Labute approximate surface area is 119 Å². The largest absolute Gasteiger partial charge is 0.397 e. The van der Waals surface area contributed by atoms with Gasteiger partial charge in [-0.2, -0.15) is 0 Å². The number of carbonyl (C=O) groups is 1. The minimum absolute atomic E-state index is 0.0661. The molecule has 0 radical (unpaired) electrons. The molecule has 5 heteroatoms. The van der Waals surface area contributed by atoms with E-state index in [0.717, 1.165) is 36.5 Å². The van der Waals surface area contributed by atoms with Crippen LogP contribution in [0.25, 0.3) is 0 Å². The van der Waals surface area contributed by atoms with Gasteiger partial charge in [0.15, 0.2) is 0 Å². The second-order valence-electron chi connectivity index (χ2n) is 6.13. The fourth-order valence-electron chi connectivity index (χ4n) is 2.97. The molecule has 0 bridgehead atoms. The third kappa shape index (κ3) is 2.22. The summed E-state index contributed by atoms with van der Waals surface area (Å²) in [6, 6.07) is 4.00. The number of amides is 1. The maximum Gasteiger partial charge on any atom is 0.224 e. The predicted octanol–water partition coefficient (Wildman–Crippen LogP) is 1.77. The number of hydrogen-bond acceptors (Lipinski definition) is 4. The van der Waals surface area contributed by atoms with Gasteiger partial charge in [-0.3, -0.25) is 4.79 Å². The van der Waals surface area contributed by atoms with Crippen LogP contribution in [0.5, 0.6) is 0 Å². The number of nitrogen functional groups attached to an aromatic ring is 1. The van der Waals surface area contributed by atoms with Crippen LogP contribution in [0.4, 0.5) is 17.1 Å². The van der Waals surface area contributed by atoms with E-state index in [1.54, 1.807) is 0 Å². The number of hydrogen-bond donors (Lipinski definition) is 2. The zero-order valence-corrected chi connectivity index (χ0v) is 12.0. The average molecular weight is 275 g/mol. The van der Waals surface area contributed by atoms with Crippen LogP contribution < -0.4 is 16.0 Å². The van der Waals surface area contributed by atoms with E-state index in [2.05, 4.69) is 30.1 Å². The van der Waals surface area contributed by atoms with Gasteiger partial charge in [-0.1, -0.05) is 0 Å². The zero-order valence-electron chi connectivity index (χ0n) is 12.0. The quantitative estimate of drug-likeness (QED) is 0.767. The maximum absolute atomic E-state index is 11.4. The van der Waals surface area contributed by atoms with Crippen LogP contribution in [0, 0.1) is 0 Å². The Morgan fingerprint density at radius 2 is 2.15 bits per heavy atom. The van der Waals surface area contributed by atoms with E-state index in [1.807, 2.05) is 6.07 Å². The van der Waals surface area contributed by atoms with Gasteiger partial charge in [0.05, 0.1) is 30.1 Å². The van der Waals surface area contributed by atoms with Gasteiger partial charge in [0.1, 0.15) is 0 Å². The fourth-order valence-corrected chi connectivity index (χ4v) is 2.97. The predicted molar refractivity (Wildman–Crippen MR) is 80.0 cm³/mol. The van der Waals surface area contributed by atoms with Gasteiger partial charge in [-0.25, -0.2) is 0 Å². The SMILES string of the molecule is CC1(C)COCCN1c1cc2c(cc1N)NC(=O)CC2. The second-order valence-corrected chi connectivity index (χ2v) is 6.13. The highest BCUT2D eigenvalue weighted by Crippen LogP contribution is 2.37. The van der Waals surface area contributed by atoms with Crippen LogP contribution in [0.2, 0.25) is 0 Å². The fraction of sp³-hybridized carbons (Fsp3) is 0.533. The third-order valence-corrected chi connectivity index (χ3v) is 4.08. The smallest absolute Gasteiger partial charge is 0.224 e. The molecule has 0 saturated carbocycles. The van der Waals surface area contributed by atoms with E-state index in [-0.39, 0.29) is 11.4 Å². The summed E-state index contributed by atoms with van der Waals surface area (Å²) >= 11 is 0. The van der Waals surface area contributed by atoms with Gasteiger partial charge in [0.2, 0.25) is 5.91 Å². The lowest BCUT2D eigenvalue weighted by atomic mass is 9.97. The van der Waals surface area contributed by atoms with Crippen molar-refractivity contribution in [2.45, 2.75) is 32.2 Å². The van der Waals surface area contributed by atoms with E-state index >= 15 is 0 Å². The van der Waals surface area contributed by atoms with Crippen molar-refractivity contribution in [3.05, 3.63) is 17.7 Å². The lowest BCUT2D eigenvalue weighted by Crippen LogP contribution is -2.53. The Bertz CT molecular complexity index is 554. The number of fused-ring (bicyclic) bond motifs is 1. The molecule has 2 aliphatic heterocycles. The molecule has 0 aromatic heterocycles. The lowest BCUT2D eigenvalue weighted by Gasteiger charge is -2.44. The topological polar surface area (TPSA) is 67.6 Å². The number of morpholine rings is 1. The van der Waals surface area contributed by atoms with Gasteiger partial charge < -0.3 is 20.7 Å². The number of nitrogens with zero attached hydrogens (tertiary/aromatic N) is 1. The monoisotopic (exact) mass is 275 g/mol. The highest BCUT2D eigenvalue weighted by Gasteiger charge is 2.32. The summed E-state index contributed by atoms with van der Waals surface area (Å²) < 4.78 is 5.56. The molecular weight excluding hydrogens is 254 g/mol. The van der Waals surface area contributed by atoms with Crippen molar-refractivity contribution < 1.29 is 9.53 Å². The van der Waals surface area contributed by atoms with E-state index in [1.165, 1.54) is 0 Å². The van der Waals surface area contributed by atoms with Crippen LogP contribution in [-0.2, 0) is 16.0 Å². The first-order valence-electron chi connectivity index (χ1n) is 7.05. The Balaban J connectivity index is 2.00. The summed E-state index contributed by atoms with van der Waals surface area (Å²) in [4.78, 5) is 13.8. The molecule has 1 aromatic carbocycles. The highest BCUT2D eigenvalue weighted by molar-refractivity contribution is 5.95. The van der Waals surface area contributed by atoms with Crippen molar-refractivity contribution in [2.24, 2.45) is 0 Å². The molecule has 0 spiro atoms. The Morgan fingerprint density at radius 1 is 1.35 bits per heavy atom. The molecule has 0 unspecified atom stereocenters. The van der Waals surface area contributed by atoms with Crippen LogP contribution >= 0.6 is 0 Å². The molecule has 3 N–H and O–H groups in total. The van der Waals surface area contributed by atoms with Crippen LogP contribution in [0.15, 0.2) is 12.1 Å². The number of rotatable bonds is 1. The first-order valence-corrected chi connectivity index (χ1v) is 7.05. The number of nitrogens with one attached hydrogen (secondary N) is 1. The van der Waals surface area contributed by atoms with Gasteiger partial charge in [-0.15, -0.1) is 0 Å². The molecular formula is C15H21N3O2. The van der Waals surface area contributed by atoms with Crippen LogP contribution in [-0.4, -0.2) is 31.2 Å². The summed E-state index contributed by atoms with van der Waals surface area (Å²) in [5.41, 5.74) is 9.91. The minimum atomic E-state index is -0.0709. The molecule has 5 nitrogen and oxygen atoms in total. The van der Waals surface area contributed by atoms with Gasteiger partial charge in [-0.05, 0) is 38.0 Å². The molecule has 1 fully saturated rings. The zero-order chi connectivity index (χ0) is 14.3. The highest BCUT2D eigenvalue weighted by atomic mass is 16.5. The van der Waals surface area contributed by atoms with Crippen molar-refractivity contribution in [3.63, 3.8) is 0 Å². The number of carbonyl (C=O) groups excluding carboxylic acids is 1.